The van der Waals surface area contributed by atoms with Crippen molar-refractivity contribution in [3.63, 3.8) is 0 Å². The van der Waals surface area contributed by atoms with Crippen molar-refractivity contribution in [1.82, 2.24) is 4.90 Å². The van der Waals surface area contributed by atoms with Crippen molar-refractivity contribution in [2.45, 2.75) is 32.8 Å². The van der Waals surface area contributed by atoms with E-state index in [1.807, 2.05) is 32.0 Å². The molecule has 0 aliphatic carbocycles. The molecule has 104 valence electrons. The number of carbonyl (C=O) groups is 1. The maximum Gasteiger partial charge on any atom is 0.260 e. The number of ether oxygens (including phenoxy) is 1. The quantitative estimate of drug-likeness (QED) is 0.902. The number of rotatable bonds is 3. The van der Waals surface area contributed by atoms with E-state index in [0.29, 0.717) is 19.5 Å². The second kappa shape index (κ2) is 5.21. The van der Waals surface area contributed by atoms with Crippen LogP contribution >= 0.6 is 0 Å². The standard InChI is InChI=1S/C15H21NO3/c1-11-5-4-6-12(2)14(11)19-9-13(17)16-8-7-15(3,18)10-16/h4-6,18H,7-10H2,1-3H3. The first-order chi connectivity index (χ1) is 8.89. The zero-order valence-electron chi connectivity index (χ0n) is 11.8. The molecule has 0 bridgehead atoms. The third kappa shape index (κ3) is 3.26. The molecular formula is C15H21NO3. The lowest BCUT2D eigenvalue weighted by atomic mass is 10.1. The number of para-hydroxylation sites is 1. The Labute approximate surface area is 114 Å². The van der Waals surface area contributed by atoms with Gasteiger partial charge in [0.1, 0.15) is 5.75 Å². The van der Waals surface area contributed by atoms with E-state index in [1.54, 1.807) is 11.8 Å². The Morgan fingerprint density at radius 1 is 1.42 bits per heavy atom. The van der Waals surface area contributed by atoms with Gasteiger partial charge in [0.2, 0.25) is 0 Å². The lowest BCUT2D eigenvalue weighted by molar-refractivity contribution is -0.133. The smallest absolute Gasteiger partial charge is 0.260 e. The first-order valence-corrected chi connectivity index (χ1v) is 6.58. The van der Waals surface area contributed by atoms with Crippen molar-refractivity contribution in [1.29, 1.82) is 0 Å². The minimum absolute atomic E-state index is 0.0295. The third-order valence-corrected chi connectivity index (χ3v) is 3.55. The van der Waals surface area contributed by atoms with Crippen LogP contribution in [0.1, 0.15) is 24.5 Å². The van der Waals surface area contributed by atoms with E-state index in [0.717, 1.165) is 16.9 Å². The van der Waals surface area contributed by atoms with E-state index in [2.05, 4.69) is 0 Å². The molecule has 1 saturated heterocycles. The summed E-state index contributed by atoms with van der Waals surface area (Å²) in [6, 6.07) is 5.90. The maximum atomic E-state index is 12.0. The summed E-state index contributed by atoms with van der Waals surface area (Å²) in [6.45, 7) is 6.71. The summed E-state index contributed by atoms with van der Waals surface area (Å²) >= 11 is 0. The fraction of sp³-hybridized carbons (Fsp3) is 0.533. The number of hydrogen-bond acceptors (Lipinski definition) is 3. The molecule has 1 fully saturated rings. The number of aryl methyl sites for hydroxylation is 2. The summed E-state index contributed by atoms with van der Waals surface area (Å²) < 4.78 is 5.64. The van der Waals surface area contributed by atoms with Crippen LogP contribution in [0.5, 0.6) is 5.75 Å². The van der Waals surface area contributed by atoms with Gasteiger partial charge in [0.25, 0.3) is 5.91 Å². The Bertz CT molecular complexity index is 462. The normalized spacial score (nSPS) is 22.6. The van der Waals surface area contributed by atoms with Crippen LogP contribution in [0.3, 0.4) is 0 Å². The van der Waals surface area contributed by atoms with E-state index < -0.39 is 5.60 Å². The molecule has 1 amide bonds. The highest BCUT2D eigenvalue weighted by atomic mass is 16.5. The topological polar surface area (TPSA) is 49.8 Å². The molecular weight excluding hydrogens is 242 g/mol. The van der Waals surface area contributed by atoms with Gasteiger partial charge in [-0.05, 0) is 38.3 Å². The van der Waals surface area contributed by atoms with Crippen molar-refractivity contribution in [3.05, 3.63) is 29.3 Å². The van der Waals surface area contributed by atoms with Crippen molar-refractivity contribution in [3.8, 4) is 5.75 Å². The Morgan fingerprint density at radius 3 is 2.58 bits per heavy atom. The van der Waals surface area contributed by atoms with Gasteiger partial charge in [0, 0.05) is 13.1 Å². The van der Waals surface area contributed by atoms with Gasteiger partial charge < -0.3 is 14.7 Å². The number of nitrogens with zero attached hydrogens (tertiary/aromatic N) is 1. The van der Waals surface area contributed by atoms with E-state index >= 15 is 0 Å². The molecule has 1 aromatic rings. The summed E-state index contributed by atoms with van der Waals surface area (Å²) in [4.78, 5) is 13.7. The van der Waals surface area contributed by atoms with Gasteiger partial charge in [-0.25, -0.2) is 0 Å². The molecule has 1 atom stereocenters. The molecule has 0 saturated carbocycles. The van der Waals surface area contributed by atoms with Crippen LogP contribution in [0, 0.1) is 13.8 Å². The average Bonchev–Trinajstić information content (AvgIpc) is 2.69. The Balaban J connectivity index is 1.94. The number of aliphatic hydroxyl groups is 1. The van der Waals surface area contributed by atoms with Crippen LogP contribution in [0.25, 0.3) is 0 Å². The van der Waals surface area contributed by atoms with E-state index in [1.165, 1.54) is 0 Å². The van der Waals surface area contributed by atoms with Crippen molar-refractivity contribution in [2.75, 3.05) is 19.7 Å². The van der Waals surface area contributed by atoms with Crippen molar-refractivity contribution in [2.24, 2.45) is 0 Å². The van der Waals surface area contributed by atoms with Crippen LogP contribution in [0.4, 0.5) is 0 Å². The zero-order chi connectivity index (χ0) is 14.0. The molecule has 0 aromatic heterocycles. The summed E-state index contributed by atoms with van der Waals surface area (Å²) in [5.74, 6) is 0.710. The molecule has 1 aromatic carbocycles. The maximum absolute atomic E-state index is 12.0. The van der Waals surface area contributed by atoms with Crippen LogP contribution in [-0.2, 0) is 4.79 Å². The molecule has 4 nitrogen and oxygen atoms in total. The molecule has 1 aliphatic heterocycles. The minimum Gasteiger partial charge on any atom is -0.483 e. The Hall–Kier alpha value is -1.55. The number of benzene rings is 1. The number of β-amino-alcohol motifs (C(OH)–C–C–N with tert-alkyl or cyclic N) is 1. The average molecular weight is 263 g/mol. The van der Waals surface area contributed by atoms with Gasteiger partial charge in [-0.1, -0.05) is 18.2 Å². The molecule has 0 spiro atoms. The van der Waals surface area contributed by atoms with E-state index in [4.69, 9.17) is 4.74 Å². The van der Waals surface area contributed by atoms with Crippen LogP contribution in [0.15, 0.2) is 18.2 Å². The summed E-state index contributed by atoms with van der Waals surface area (Å²) in [6.07, 6.45) is 0.627. The lowest BCUT2D eigenvalue weighted by Crippen LogP contribution is -2.36. The predicted molar refractivity (Wildman–Crippen MR) is 73.2 cm³/mol. The first-order valence-electron chi connectivity index (χ1n) is 6.58. The molecule has 1 aliphatic rings. The Kier molecular flexibility index (Phi) is 3.80. The molecule has 1 N–H and O–H groups in total. The highest BCUT2D eigenvalue weighted by Gasteiger charge is 2.33. The van der Waals surface area contributed by atoms with Crippen LogP contribution in [0.2, 0.25) is 0 Å². The summed E-state index contributed by atoms with van der Waals surface area (Å²) in [5.41, 5.74) is 1.30. The van der Waals surface area contributed by atoms with Gasteiger partial charge in [-0.3, -0.25) is 4.79 Å². The largest absolute Gasteiger partial charge is 0.483 e. The van der Waals surface area contributed by atoms with Crippen molar-refractivity contribution < 1.29 is 14.6 Å². The molecule has 4 heteroatoms. The third-order valence-electron chi connectivity index (χ3n) is 3.55. The van der Waals surface area contributed by atoms with Gasteiger partial charge in [-0.15, -0.1) is 0 Å². The number of carbonyl (C=O) groups excluding carboxylic acids is 1. The fourth-order valence-corrected chi connectivity index (χ4v) is 2.41. The summed E-state index contributed by atoms with van der Waals surface area (Å²) in [5, 5.41) is 9.85. The second-order valence-corrected chi connectivity index (χ2v) is 5.57. The number of hydrogen-bond donors (Lipinski definition) is 1. The molecule has 19 heavy (non-hydrogen) atoms. The SMILES string of the molecule is Cc1cccc(C)c1OCC(=O)N1CCC(C)(O)C1. The van der Waals surface area contributed by atoms with E-state index in [9.17, 15) is 9.90 Å². The van der Waals surface area contributed by atoms with Gasteiger partial charge >= 0.3 is 0 Å². The second-order valence-electron chi connectivity index (χ2n) is 5.57. The van der Waals surface area contributed by atoms with Gasteiger partial charge in [0.15, 0.2) is 6.61 Å². The fourth-order valence-electron chi connectivity index (χ4n) is 2.41. The monoisotopic (exact) mass is 263 g/mol. The van der Waals surface area contributed by atoms with Crippen LogP contribution < -0.4 is 4.74 Å². The molecule has 1 heterocycles. The number of amides is 1. The Morgan fingerprint density at radius 2 is 2.05 bits per heavy atom. The first kappa shape index (κ1) is 13.9. The van der Waals surface area contributed by atoms with Crippen LogP contribution in [-0.4, -0.2) is 41.2 Å². The van der Waals surface area contributed by atoms with Gasteiger partial charge in [0.05, 0.1) is 5.60 Å². The summed E-state index contributed by atoms with van der Waals surface area (Å²) in [7, 11) is 0. The number of likely N-dealkylation sites (tertiary alicyclic amines) is 1. The minimum atomic E-state index is -0.756. The zero-order valence-corrected chi connectivity index (χ0v) is 11.8. The molecule has 1 unspecified atom stereocenters. The molecule has 2 rings (SSSR count). The van der Waals surface area contributed by atoms with Gasteiger partial charge in [-0.2, -0.15) is 0 Å². The highest BCUT2D eigenvalue weighted by Crippen LogP contribution is 2.23. The predicted octanol–water partition coefficient (Wildman–Crippen LogP) is 1.67. The highest BCUT2D eigenvalue weighted by molar-refractivity contribution is 5.78. The molecule has 0 radical (unpaired) electrons. The van der Waals surface area contributed by atoms with Crippen molar-refractivity contribution >= 4 is 5.91 Å². The lowest BCUT2D eigenvalue weighted by Gasteiger charge is -2.19. The van der Waals surface area contributed by atoms with E-state index in [-0.39, 0.29) is 12.5 Å².